The third kappa shape index (κ3) is 2.22. The van der Waals surface area contributed by atoms with Crippen molar-refractivity contribution in [1.29, 1.82) is 0 Å². The molecule has 0 heterocycles. The standard InChI is InChI=1S/C12H20O/c1-3-8-12(11(13)4-2)9-6-5-7-10-12/h3-4,11,13H,1-2,5-10H2. The summed E-state index contributed by atoms with van der Waals surface area (Å²) < 4.78 is 0. The van der Waals surface area contributed by atoms with Gasteiger partial charge in [0.05, 0.1) is 6.10 Å². The van der Waals surface area contributed by atoms with Crippen LogP contribution in [0.5, 0.6) is 0 Å². The quantitative estimate of drug-likeness (QED) is 0.659. The second-order valence-corrected chi connectivity index (χ2v) is 4.10. The molecule has 74 valence electrons. The Morgan fingerprint density at radius 2 is 1.85 bits per heavy atom. The van der Waals surface area contributed by atoms with E-state index in [1.165, 1.54) is 19.3 Å². The van der Waals surface area contributed by atoms with Crippen molar-refractivity contribution in [3.8, 4) is 0 Å². The van der Waals surface area contributed by atoms with Crippen molar-refractivity contribution in [1.82, 2.24) is 0 Å². The molecule has 0 aliphatic heterocycles. The summed E-state index contributed by atoms with van der Waals surface area (Å²) in [5, 5.41) is 9.90. The van der Waals surface area contributed by atoms with Crippen molar-refractivity contribution in [2.24, 2.45) is 5.41 Å². The van der Waals surface area contributed by atoms with Gasteiger partial charge in [0.25, 0.3) is 0 Å². The lowest BCUT2D eigenvalue weighted by atomic mass is 9.68. The molecule has 1 unspecified atom stereocenters. The van der Waals surface area contributed by atoms with E-state index in [0.717, 1.165) is 19.3 Å². The van der Waals surface area contributed by atoms with Crippen LogP contribution in [-0.2, 0) is 0 Å². The maximum Gasteiger partial charge on any atom is 0.0777 e. The van der Waals surface area contributed by atoms with Crippen LogP contribution in [0, 0.1) is 5.41 Å². The molecule has 1 saturated carbocycles. The van der Waals surface area contributed by atoms with Gasteiger partial charge in [-0.1, -0.05) is 31.4 Å². The predicted octanol–water partition coefficient (Wildman–Crippen LogP) is 3.06. The van der Waals surface area contributed by atoms with E-state index in [2.05, 4.69) is 13.2 Å². The fraction of sp³-hybridized carbons (Fsp3) is 0.667. The van der Waals surface area contributed by atoms with Crippen molar-refractivity contribution >= 4 is 0 Å². The normalized spacial score (nSPS) is 23.5. The molecule has 1 heteroatoms. The van der Waals surface area contributed by atoms with Crippen molar-refractivity contribution in [2.75, 3.05) is 0 Å². The van der Waals surface area contributed by atoms with E-state index < -0.39 is 0 Å². The third-order valence-electron chi connectivity index (χ3n) is 3.25. The molecule has 1 atom stereocenters. The van der Waals surface area contributed by atoms with Gasteiger partial charge in [-0.15, -0.1) is 13.2 Å². The van der Waals surface area contributed by atoms with Gasteiger partial charge in [0.1, 0.15) is 0 Å². The van der Waals surface area contributed by atoms with Crippen LogP contribution in [0.2, 0.25) is 0 Å². The van der Waals surface area contributed by atoms with Crippen molar-refractivity contribution < 1.29 is 5.11 Å². The van der Waals surface area contributed by atoms with Crippen LogP contribution in [0.25, 0.3) is 0 Å². The van der Waals surface area contributed by atoms with E-state index >= 15 is 0 Å². The molecule has 1 aliphatic rings. The largest absolute Gasteiger partial charge is 0.388 e. The summed E-state index contributed by atoms with van der Waals surface area (Å²) in [7, 11) is 0. The molecule has 0 aromatic rings. The number of aliphatic hydroxyl groups excluding tert-OH is 1. The summed E-state index contributed by atoms with van der Waals surface area (Å²) in [5.41, 5.74) is 0.0573. The minimum atomic E-state index is -0.356. The molecule has 1 rings (SSSR count). The average molecular weight is 180 g/mol. The molecule has 0 aromatic carbocycles. The number of aliphatic hydroxyl groups is 1. The van der Waals surface area contributed by atoms with Crippen LogP contribution in [-0.4, -0.2) is 11.2 Å². The fourth-order valence-corrected chi connectivity index (χ4v) is 2.41. The zero-order valence-electron chi connectivity index (χ0n) is 8.34. The summed E-state index contributed by atoms with van der Waals surface area (Å²) in [5.74, 6) is 0. The molecule has 0 spiro atoms. The van der Waals surface area contributed by atoms with Crippen molar-refractivity contribution in [3.05, 3.63) is 25.3 Å². The Morgan fingerprint density at radius 1 is 1.23 bits per heavy atom. The Hall–Kier alpha value is -0.560. The highest BCUT2D eigenvalue weighted by Gasteiger charge is 2.36. The predicted molar refractivity (Wildman–Crippen MR) is 56.5 cm³/mol. The molecule has 1 fully saturated rings. The highest BCUT2D eigenvalue weighted by Crippen LogP contribution is 2.42. The summed E-state index contributed by atoms with van der Waals surface area (Å²) in [4.78, 5) is 0. The molecule has 0 saturated heterocycles. The molecule has 0 amide bonds. The maximum absolute atomic E-state index is 9.90. The van der Waals surface area contributed by atoms with E-state index in [1.807, 2.05) is 6.08 Å². The van der Waals surface area contributed by atoms with Gasteiger partial charge in [0, 0.05) is 5.41 Å². The van der Waals surface area contributed by atoms with E-state index in [9.17, 15) is 5.11 Å². The van der Waals surface area contributed by atoms with Gasteiger partial charge >= 0.3 is 0 Å². The first-order chi connectivity index (χ1) is 6.25. The Labute approximate surface area is 81.2 Å². The van der Waals surface area contributed by atoms with Gasteiger partial charge in [0.15, 0.2) is 0 Å². The molecule has 0 radical (unpaired) electrons. The zero-order chi connectivity index (χ0) is 9.73. The van der Waals surface area contributed by atoms with Crippen LogP contribution >= 0.6 is 0 Å². The van der Waals surface area contributed by atoms with Gasteiger partial charge in [0.2, 0.25) is 0 Å². The lowest BCUT2D eigenvalue weighted by Crippen LogP contribution is -2.35. The lowest BCUT2D eigenvalue weighted by molar-refractivity contribution is 0.0308. The smallest absolute Gasteiger partial charge is 0.0777 e. The van der Waals surface area contributed by atoms with Gasteiger partial charge in [-0.25, -0.2) is 0 Å². The maximum atomic E-state index is 9.90. The Kier molecular flexibility index (Phi) is 3.73. The van der Waals surface area contributed by atoms with Gasteiger partial charge < -0.3 is 5.11 Å². The number of hydrogen-bond donors (Lipinski definition) is 1. The molecule has 0 bridgehead atoms. The second kappa shape index (κ2) is 4.61. The van der Waals surface area contributed by atoms with Gasteiger partial charge in [-0.05, 0) is 19.3 Å². The van der Waals surface area contributed by atoms with Crippen molar-refractivity contribution in [2.45, 2.75) is 44.6 Å². The molecule has 1 nitrogen and oxygen atoms in total. The second-order valence-electron chi connectivity index (χ2n) is 4.10. The van der Waals surface area contributed by atoms with E-state index in [1.54, 1.807) is 6.08 Å². The monoisotopic (exact) mass is 180 g/mol. The summed E-state index contributed by atoms with van der Waals surface area (Å²) in [6.45, 7) is 7.45. The topological polar surface area (TPSA) is 20.2 Å². The minimum absolute atomic E-state index is 0.0573. The molecule has 1 aliphatic carbocycles. The molecule has 1 N–H and O–H groups in total. The highest BCUT2D eigenvalue weighted by molar-refractivity contribution is 5.00. The average Bonchev–Trinajstić information content (AvgIpc) is 2.18. The van der Waals surface area contributed by atoms with Gasteiger partial charge in [-0.2, -0.15) is 0 Å². The molecule has 13 heavy (non-hydrogen) atoms. The number of hydrogen-bond acceptors (Lipinski definition) is 1. The first-order valence-electron chi connectivity index (χ1n) is 5.17. The molecular formula is C12H20O. The van der Waals surface area contributed by atoms with E-state index in [-0.39, 0.29) is 11.5 Å². The third-order valence-corrected chi connectivity index (χ3v) is 3.25. The van der Waals surface area contributed by atoms with Crippen molar-refractivity contribution in [3.63, 3.8) is 0 Å². The van der Waals surface area contributed by atoms with Crippen LogP contribution in [0.4, 0.5) is 0 Å². The lowest BCUT2D eigenvalue weighted by Gasteiger charge is -2.39. The van der Waals surface area contributed by atoms with Crippen LogP contribution in [0.3, 0.4) is 0 Å². The zero-order valence-corrected chi connectivity index (χ0v) is 8.34. The van der Waals surface area contributed by atoms with Crippen LogP contribution < -0.4 is 0 Å². The Bertz CT molecular complexity index is 178. The van der Waals surface area contributed by atoms with Crippen LogP contribution in [0.1, 0.15) is 38.5 Å². The highest BCUT2D eigenvalue weighted by atomic mass is 16.3. The van der Waals surface area contributed by atoms with Gasteiger partial charge in [-0.3, -0.25) is 0 Å². The number of allylic oxidation sites excluding steroid dienone is 1. The molecular weight excluding hydrogens is 160 g/mol. The van der Waals surface area contributed by atoms with E-state index in [4.69, 9.17) is 0 Å². The summed E-state index contributed by atoms with van der Waals surface area (Å²) in [6.07, 6.45) is 10.2. The minimum Gasteiger partial charge on any atom is -0.388 e. The summed E-state index contributed by atoms with van der Waals surface area (Å²) >= 11 is 0. The Balaban J connectivity index is 2.71. The first kappa shape index (κ1) is 10.5. The fourth-order valence-electron chi connectivity index (χ4n) is 2.41. The molecule has 0 aromatic heterocycles. The van der Waals surface area contributed by atoms with E-state index in [0.29, 0.717) is 0 Å². The SMILES string of the molecule is C=CCC1(C(O)C=C)CCCCC1. The number of rotatable bonds is 4. The van der Waals surface area contributed by atoms with Crippen LogP contribution in [0.15, 0.2) is 25.3 Å². The summed E-state index contributed by atoms with van der Waals surface area (Å²) in [6, 6.07) is 0. The first-order valence-corrected chi connectivity index (χ1v) is 5.17. The Morgan fingerprint density at radius 3 is 2.31 bits per heavy atom.